The molecule has 6 nitrogen and oxygen atoms in total. The van der Waals surface area contributed by atoms with Gasteiger partial charge in [0.2, 0.25) is 5.95 Å². The Kier molecular flexibility index (Phi) is 3.90. The SMILES string of the molecule is Cc1ccc2c(cnn2-c2ccnc(NC3CCC(O)CC3)n2)c1. The fraction of sp³-hybridized carbons (Fsp3) is 0.389. The number of hydrogen-bond donors (Lipinski definition) is 2. The van der Waals surface area contributed by atoms with E-state index in [0.29, 0.717) is 12.0 Å². The van der Waals surface area contributed by atoms with Crippen molar-refractivity contribution in [3.8, 4) is 5.82 Å². The van der Waals surface area contributed by atoms with Crippen LogP contribution in [0.5, 0.6) is 0 Å². The molecule has 1 aliphatic carbocycles. The van der Waals surface area contributed by atoms with Gasteiger partial charge < -0.3 is 10.4 Å². The zero-order valence-corrected chi connectivity index (χ0v) is 13.7. The second kappa shape index (κ2) is 6.20. The van der Waals surface area contributed by atoms with Crippen LogP contribution < -0.4 is 5.32 Å². The van der Waals surface area contributed by atoms with E-state index >= 15 is 0 Å². The highest BCUT2D eigenvalue weighted by Crippen LogP contribution is 2.22. The Morgan fingerprint density at radius 1 is 1.17 bits per heavy atom. The Bertz CT molecular complexity index is 851. The molecule has 1 aliphatic rings. The summed E-state index contributed by atoms with van der Waals surface area (Å²) in [6, 6.07) is 8.44. The summed E-state index contributed by atoms with van der Waals surface area (Å²) in [6.45, 7) is 2.07. The molecule has 4 rings (SSSR count). The van der Waals surface area contributed by atoms with E-state index in [2.05, 4.69) is 45.5 Å². The van der Waals surface area contributed by atoms with Crippen LogP contribution in [0.3, 0.4) is 0 Å². The maximum absolute atomic E-state index is 9.61. The predicted octanol–water partition coefficient (Wildman–Crippen LogP) is 2.84. The van der Waals surface area contributed by atoms with Crippen molar-refractivity contribution in [1.29, 1.82) is 0 Å². The number of aryl methyl sites for hydroxylation is 1. The van der Waals surface area contributed by atoms with Crippen molar-refractivity contribution in [1.82, 2.24) is 19.7 Å². The summed E-state index contributed by atoms with van der Waals surface area (Å²) in [6.07, 6.45) is 7.01. The highest BCUT2D eigenvalue weighted by Gasteiger charge is 2.20. The minimum Gasteiger partial charge on any atom is -0.393 e. The van der Waals surface area contributed by atoms with Crippen LogP contribution in [0.4, 0.5) is 5.95 Å². The highest BCUT2D eigenvalue weighted by atomic mass is 16.3. The Hall–Kier alpha value is -2.47. The van der Waals surface area contributed by atoms with Crippen molar-refractivity contribution < 1.29 is 5.11 Å². The summed E-state index contributed by atoms with van der Waals surface area (Å²) < 4.78 is 1.84. The first-order valence-electron chi connectivity index (χ1n) is 8.41. The summed E-state index contributed by atoms with van der Waals surface area (Å²) in [7, 11) is 0. The van der Waals surface area contributed by atoms with E-state index in [0.717, 1.165) is 42.4 Å². The van der Waals surface area contributed by atoms with E-state index in [1.165, 1.54) is 5.56 Å². The molecule has 3 aromatic rings. The third kappa shape index (κ3) is 2.97. The minimum atomic E-state index is -0.158. The van der Waals surface area contributed by atoms with E-state index < -0.39 is 0 Å². The Labute approximate surface area is 140 Å². The minimum absolute atomic E-state index is 0.158. The van der Waals surface area contributed by atoms with Gasteiger partial charge in [-0.2, -0.15) is 10.1 Å². The van der Waals surface area contributed by atoms with Crippen LogP contribution in [0.25, 0.3) is 16.7 Å². The molecule has 0 spiro atoms. The number of hydrogen-bond acceptors (Lipinski definition) is 5. The largest absolute Gasteiger partial charge is 0.393 e. The van der Waals surface area contributed by atoms with E-state index in [1.807, 2.05) is 16.9 Å². The van der Waals surface area contributed by atoms with Crippen LogP contribution in [0.2, 0.25) is 0 Å². The summed E-state index contributed by atoms with van der Waals surface area (Å²) in [5.74, 6) is 1.37. The van der Waals surface area contributed by atoms with Crippen molar-refractivity contribution in [2.24, 2.45) is 0 Å². The van der Waals surface area contributed by atoms with Crippen molar-refractivity contribution >= 4 is 16.9 Å². The highest BCUT2D eigenvalue weighted by molar-refractivity contribution is 5.80. The molecule has 6 heteroatoms. The van der Waals surface area contributed by atoms with Crippen LogP contribution in [0.15, 0.2) is 36.7 Å². The van der Waals surface area contributed by atoms with E-state index in [1.54, 1.807) is 6.20 Å². The van der Waals surface area contributed by atoms with Gasteiger partial charge in [-0.25, -0.2) is 9.67 Å². The Morgan fingerprint density at radius 2 is 2.00 bits per heavy atom. The zero-order chi connectivity index (χ0) is 16.5. The van der Waals surface area contributed by atoms with Gasteiger partial charge in [0.15, 0.2) is 5.82 Å². The lowest BCUT2D eigenvalue weighted by Gasteiger charge is -2.26. The number of aromatic nitrogens is 4. The fourth-order valence-electron chi connectivity index (χ4n) is 3.27. The number of aliphatic hydroxyl groups is 1. The van der Waals surface area contributed by atoms with E-state index in [9.17, 15) is 5.11 Å². The van der Waals surface area contributed by atoms with Gasteiger partial charge in [-0.05, 0) is 44.7 Å². The van der Waals surface area contributed by atoms with Crippen LogP contribution >= 0.6 is 0 Å². The number of benzene rings is 1. The summed E-state index contributed by atoms with van der Waals surface area (Å²) in [5, 5.41) is 18.6. The lowest BCUT2D eigenvalue weighted by molar-refractivity contribution is 0.126. The number of fused-ring (bicyclic) bond motifs is 1. The first-order chi connectivity index (χ1) is 11.7. The average molecular weight is 323 g/mol. The van der Waals surface area contributed by atoms with Crippen molar-refractivity contribution in [3.05, 3.63) is 42.2 Å². The molecule has 0 saturated heterocycles. The van der Waals surface area contributed by atoms with Gasteiger partial charge in [0.05, 0.1) is 17.8 Å². The Balaban J connectivity index is 1.60. The topological polar surface area (TPSA) is 75.9 Å². The molecule has 0 atom stereocenters. The van der Waals surface area contributed by atoms with Crippen LogP contribution in [-0.4, -0.2) is 37.0 Å². The van der Waals surface area contributed by atoms with Gasteiger partial charge in [0, 0.05) is 23.7 Å². The molecule has 0 radical (unpaired) electrons. The fourth-order valence-corrected chi connectivity index (χ4v) is 3.27. The number of nitrogens with one attached hydrogen (secondary N) is 1. The lowest BCUT2D eigenvalue weighted by atomic mass is 9.93. The van der Waals surface area contributed by atoms with E-state index in [4.69, 9.17) is 0 Å². The van der Waals surface area contributed by atoms with E-state index in [-0.39, 0.29) is 6.10 Å². The molecular weight excluding hydrogens is 302 g/mol. The number of aliphatic hydroxyl groups excluding tert-OH is 1. The standard InChI is InChI=1S/C18H21N5O/c1-12-2-7-16-13(10-12)11-20-23(16)17-8-9-19-18(22-17)21-14-3-5-15(24)6-4-14/h2,7-11,14-15,24H,3-6H2,1H3,(H,19,21,22). The molecule has 1 fully saturated rings. The molecule has 1 aromatic carbocycles. The second-order valence-corrected chi connectivity index (χ2v) is 6.51. The third-order valence-corrected chi connectivity index (χ3v) is 4.61. The third-order valence-electron chi connectivity index (χ3n) is 4.61. The molecule has 0 aliphatic heterocycles. The van der Waals surface area contributed by atoms with Gasteiger partial charge in [-0.15, -0.1) is 0 Å². The van der Waals surface area contributed by atoms with Crippen LogP contribution in [0.1, 0.15) is 31.2 Å². The second-order valence-electron chi connectivity index (χ2n) is 6.51. The Morgan fingerprint density at radius 3 is 2.83 bits per heavy atom. The van der Waals surface area contributed by atoms with Gasteiger partial charge in [-0.3, -0.25) is 0 Å². The monoisotopic (exact) mass is 323 g/mol. The molecule has 2 heterocycles. The van der Waals surface area contributed by atoms with Gasteiger partial charge in [-0.1, -0.05) is 11.6 Å². The molecule has 124 valence electrons. The van der Waals surface area contributed by atoms with Crippen molar-refractivity contribution in [2.45, 2.75) is 44.8 Å². The van der Waals surface area contributed by atoms with Crippen LogP contribution in [0, 0.1) is 6.92 Å². The molecule has 0 bridgehead atoms. The molecule has 0 unspecified atom stereocenters. The number of rotatable bonds is 3. The number of nitrogens with zero attached hydrogens (tertiary/aromatic N) is 4. The van der Waals surface area contributed by atoms with Gasteiger partial charge >= 0.3 is 0 Å². The molecule has 0 amide bonds. The maximum Gasteiger partial charge on any atom is 0.224 e. The summed E-state index contributed by atoms with van der Waals surface area (Å²) in [5.41, 5.74) is 2.25. The summed E-state index contributed by atoms with van der Waals surface area (Å²) in [4.78, 5) is 8.95. The zero-order valence-electron chi connectivity index (χ0n) is 13.7. The first kappa shape index (κ1) is 15.1. The van der Waals surface area contributed by atoms with Gasteiger partial charge in [0.25, 0.3) is 0 Å². The molecule has 24 heavy (non-hydrogen) atoms. The molecule has 1 saturated carbocycles. The van der Waals surface area contributed by atoms with Crippen LogP contribution in [-0.2, 0) is 0 Å². The predicted molar refractivity (Wildman–Crippen MR) is 93.3 cm³/mol. The lowest BCUT2D eigenvalue weighted by Crippen LogP contribution is -2.29. The smallest absolute Gasteiger partial charge is 0.224 e. The molecular formula is C18H21N5O. The summed E-state index contributed by atoms with van der Waals surface area (Å²) >= 11 is 0. The normalized spacial score (nSPS) is 21.1. The maximum atomic E-state index is 9.61. The van der Waals surface area contributed by atoms with Gasteiger partial charge in [0.1, 0.15) is 0 Å². The van der Waals surface area contributed by atoms with Crippen molar-refractivity contribution in [2.75, 3.05) is 5.32 Å². The quantitative estimate of drug-likeness (QED) is 0.775. The molecule has 2 aromatic heterocycles. The van der Waals surface area contributed by atoms with Crippen molar-refractivity contribution in [3.63, 3.8) is 0 Å². The first-order valence-corrected chi connectivity index (χ1v) is 8.41. The number of anilines is 1. The molecule has 2 N–H and O–H groups in total. The average Bonchev–Trinajstić information content (AvgIpc) is 3.00.